The fraction of sp³-hybridized carbons (Fsp3) is 0.214. The Bertz CT molecular complexity index is 655. The first kappa shape index (κ1) is 14.5. The first-order valence-corrected chi connectivity index (χ1v) is 6.92. The third-order valence-corrected chi connectivity index (χ3v) is 4.05. The van der Waals surface area contributed by atoms with Gasteiger partial charge in [-0.3, -0.25) is 4.79 Å². The first-order chi connectivity index (χ1) is 9.43. The quantitative estimate of drug-likeness (QED) is 0.810. The molecule has 0 bridgehead atoms. The van der Waals surface area contributed by atoms with Gasteiger partial charge in [0.2, 0.25) is 0 Å². The van der Waals surface area contributed by atoms with Gasteiger partial charge < -0.3 is 16.6 Å². The fourth-order valence-corrected chi connectivity index (χ4v) is 2.86. The van der Waals surface area contributed by atoms with Crippen molar-refractivity contribution in [2.45, 2.75) is 19.4 Å². The number of aliphatic hydroxyl groups is 1. The molecule has 4 nitrogen and oxygen atoms in total. The molecule has 0 radical (unpaired) electrons. The number of hydrogen-bond acceptors (Lipinski definition) is 4. The van der Waals surface area contributed by atoms with E-state index in [4.69, 9.17) is 11.5 Å². The Morgan fingerprint density at radius 1 is 1.45 bits per heavy atom. The number of primary amides is 1. The second-order valence-corrected chi connectivity index (χ2v) is 5.50. The number of hydrogen-bond donors (Lipinski definition) is 3. The van der Waals surface area contributed by atoms with Gasteiger partial charge in [0, 0.05) is 10.4 Å². The molecule has 0 fully saturated rings. The molecular weight excluding hydrogens is 279 g/mol. The van der Waals surface area contributed by atoms with Crippen molar-refractivity contribution < 1.29 is 14.3 Å². The van der Waals surface area contributed by atoms with Crippen LogP contribution in [0.4, 0.5) is 9.39 Å². The zero-order valence-corrected chi connectivity index (χ0v) is 11.7. The van der Waals surface area contributed by atoms with Gasteiger partial charge in [0.05, 0.1) is 16.7 Å². The maximum absolute atomic E-state index is 14.1. The number of aliphatic hydroxyl groups excluding tert-OH is 1. The molecule has 0 spiro atoms. The van der Waals surface area contributed by atoms with Crippen molar-refractivity contribution in [2.75, 3.05) is 5.73 Å². The van der Waals surface area contributed by atoms with Crippen LogP contribution in [0.25, 0.3) is 10.4 Å². The summed E-state index contributed by atoms with van der Waals surface area (Å²) in [4.78, 5) is 11.7. The van der Waals surface area contributed by atoms with Crippen LogP contribution in [0.3, 0.4) is 0 Å². The highest BCUT2D eigenvalue weighted by molar-refractivity contribution is 7.19. The summed E-state index contributed by atoms with van der Waals surface area (Å²) in [5.41, 5.74) is 11.9. The van der Waals surface area contributed by atoms with Crippen LogP contribution in [0.2, 0.25) is 0 Å². The Morgan fingerprint density at radius 3 is 2.65 bits per heavy atom. The van der Waals surface area contributed by atoms with Crippen LogP contribution in [-0.4, -0.2) is 11.0 Å². The topological polar surface area (TPSA) is 89.3 Å². The van der Waals surface area contributed by atoms with Crippen molar-refractivity contribution >= 4 is 22.2 Å². The molecule has 1 unspecified atom stereocenters. The molecule has 1 atom stereocenters. The van der Waals surface area contributed by atoms with Gasteiger partial charge in [0.15, 0.2) is 0 Å². The van der Waals surface area contributed by atoms with Crippen molar-refractivity contribution in [3.05, 3.63) is 41.2 Å². The van der Waals surface area contributed by atoms with E-state index >= 15 is 0 Å². The number of carbonyl (C=O) groups excluding carboxylic acids is 1. The molecule has 106 valence electrons. The molecule has 20 heavy (non-hydrogen) atoms. The predicted molar refractivity (Wildman–Crippen MR) is 77.9 cm³/mol. The molecular formula is C14H15FN2O2S. The minimum atomic E-state index is -0.687. The average Bonchev–Trinajstić information content (AvgIpc) is 2.79. The van der Waals surface area contributed by atoms with Gasteiger partial charge in [0.1, 0.15) is 5.82 Å². The summed E-state index contributed by atoms with van der Waals surface area (Å²) in [6.45, 7) is 1.82. The number of nitrogens with two attached hydrogens (primary N) is 2. The van der Waals surface area contributed by atoms with Gasteiger partial charge in [-0.05, 0) is 24.1 Å². The Kier molecular flexibility index (Phi) is 4.06. The molecule has 0 aliphatic heterocycles. The van der Waals surface area contributed by atoms with E-state index in [0.717, 1.165) is 11.3 Å². The molecule has 1 amide bonds. The first-order valence-electron chi connectivity index (χ1n) is 6.11. The van der Waals surface area contributed by atoms with Crippen molar-refractivity contribution in [1.82, 2.24) is 0 Å². The van der Waals surface area contributed by atoms with Crippen molar-refractivity contribution in [1.29, 1.82) is 0 Å². The van der Waals surface area contributed by atoms with Crippen LogP contribution >= 0.6 is 11.3 Å². The molecule has 1 aromatic carbocycles. The highest BCUT2D eigenvalue weighted by atomic mass is 32.1. The summed E-state index contributed by atoms with van der Waals surface area (Å²) < 4.78 is 14.1. The summed E-state index contributed by atoms with van der Waals surface area (Å²) in [5, 5.41) is 9.96. The minimum Gasteiger partial charge on any atom is -0.390 e. The second kappa shape index (κ2) is 5.60. The third kappa shape index (κ3) is 2.66. The molecule has 1 aromatic heterocycles. The number of carbonyl (C=O) groups is 1. The van der Waals surface area contributed by atoms with Gasteiger partial charge in [-0.25, -0.2) is 4.39 Å². The lowest BCUT2D eigenvalue weighted by Gasteiger charge is -2.09. The maximum Gasteiger partial charge on any atom is 0.251 e. The second-order valence-electron chi connectivity index (χ2n) is 4.42. The number of benzene rings is 1. The molecule has 1 heterocycles. The van der Waals surface area contributed by atoms with Gasteiger partial charge in [0.25, 0.3) is 5.91 Å². The lowest BCUT2D eigenvalue weighted by Crippen LogP contribution is -2.11. The Labute approximate surface area is 119 Å². The van der Waals surface area contributed by atoms with E-state index in [9.17, 15) is 14.3 Å². The van der Waals surface area contributed by atoms with Crippen LogP contribution in [0.5, 0.6) is 0 Å². The SMILES string of the molecule is CCC(O)c1ccc(-c2cc(C(N)=O)c(N)s2)c(F)c1. The molecule has 5 N–H and O–H groups in total. The van der Waals surface area contributed by atoms with Crippen LogP contribution < -0.4 is 11.5 Å². The van der Waals surface area contributed by atoms with E-state index in [1.54, 1.807) is 12.1 Å². The zero-order chi connectivity index (χ0) is 14.9. The number of halogens is 1. The van der Waals surface area contributed by atoms with Crippen LogP contribution in [-0.2, 0) is 0 Å². The smallest absolute Gasteiger partial charge is 0.251 e. The van der Waals surface area contributed by atoms with Gasteiger partial charge in [-0.15, -0.1) is 11.3 Å². The van der Waals surface area contributed by atoms with E-state index in [1.807, 2.05) is 6.92 Å². The number of nitrogen functional groups attached to an aromatic ring is 1. The largest absolute Gasteiger partial charge is 0.390 e. The molecule has 2 rings (SSSR count). The van der Waals surface area contributed by atoms with Crippen LogP contribution in [0.15, 0.2) is 24.3 Å². The van der Waals surface area contributed by atoms with Gasteiger partial charge >= 0.3 is 0 Å². The lowest BCUT2D eigenvalue weighted by molar-refractivity contribution is 0.100. The van der Waals surface area contributed by atoms with Crippen LogP contribution in [0, 0.1) is 5.82 Å². The molecule has 0 aliphatic rings. The Balaban J connectivity index is 2.43. The summed E-state index contributed by atoms with van der Waals surface area (Å²) in [7, 11) is 0. The highest BCUT2D eigenvalue weighted by Crippen LogP contribution is 2.35. The number of rotatable bonds is 4. The van der Waals surface area contributed by atoms with E-state index in [2.05, 4.69) is 0 Å². The van der Waals surface area contributed by atoms with E-state index in [-0.39, 0.29) is 10.6 Å². The standard InChI is InChI=1S/C14H15FN2O2S/c1-2-11(18)7-3-4-8(10(15)5-7)12-6-9(13(16)19)14(17)20-12/h3-6,11,18H,2,17H2,1H3,(H2,16,19). The van der Waals surface area contributed by atoms with E-state index < -0.39 is 17.8 Å². The normalized spacial score (nSPS) is 12.3. The summed E-state index contributed by atoms with van der Waals surface area (Å²) in [6.07, 6.45) is -0.176. The Hall–Kier alpha value is -1.92. The number of anilines is 1. The Morgan fingerprint density at radius 2 is 2.15 bits per heavy atom. The number of thiophene rings is 1. The maximum atomic E-state index is 14.1. The monoisotopic (exact) mass is 294 g/mol. The lowest BCUT2D eigenvalue weighted by atomic mass is 10.0. The summed E-state index contributed by atoms with van der Waals surface area (Å²) >= 11 is 1.10. The molecule has 6 heteroatoms. The van der Waals surface area contributed by atoms with E-state index in [1.165, 1.54) is 12.1 Å². The van der Waals surface area contributed by atoms with Crippen molar-refractivity contribution in [2.24, 2.45) is 5.73 Å². The average molecular weight is 294 g/mol. The predicted octanol–water partition coefficient (Wildman–Crippen LogP) is 2.68. The van der Waals surface area contributed by atoms with E-state index in [0.29, 0.717) is 22.4 Å². The third-order valence-electron chi connectivity index (χ3n) is 3.06. The highest BCUT2D eigenvalue weighted by Gasteiger charge is 2.16. The molecule has 0 saturated heterocycles. The van der Waals surface area contributed by atoms with Gasteiger partial charge in [-0.2, -0.15) is 0 Å². The molecule has 0 saturated carbocycles. The minimum absolute atomic E-state index is 0.196. The fourth-order valence-electron chi connectivity index (χ4n) is 1.90. The summed E-state index contributed by atoms with van der Waals surface area (Å²) in [6, 6.07) is 6.01. The summed E-state index contributed by atoms with van der Waals surface area (Å²) in [5.74, 6) is -1.10. The molecule has 2 aromatic rings. The van der Waals surface area contributed by atoms with Crippen molar-refractivity contribution in [3.63, 3.8) is 0 Å². The zero-order valence-electron chi connectivity index (χ0n) is 10.9. The number of amides is 1. The van der Waals surface area contributed by atoms with Crippen molar-refractivity contribution in [3.8, 4) is 10.4 Å². The van der Waals surface area contributed by atoms with Crippen LogP contribution in [0.1, 0.15) is 35.4 Å². The van der Waals surface area contributed by atoms with Gasteiger partial charge in [-0.1, -0.05) is 19.1 Å². The molecule has 0 aliphatic carbocycles.